The summed E-state index contributed by atoms with van der Waals surface area (Å²) in [7, 11) is -4.30. The molecule has 0 heterocycles. The lowest BCUT2D eigenvalue weighted by molar-refractivity contribution is 0.377. The highest BCUT2D eigenvalue weighted by Crippen LogP contribution is 2.43. The second-order valence-electron chi connectivity index (χ2n) is 4.43. The summed E-state index contributed by atoms with van der Waals surface area (Å²) in [6.45, 7) is 5.25. The van der Waals surface area contributed by atoms with Crippen molar-refractivity contribution in [3.05, 3.63) is 60.0 Å². The molecule has 1 atom stereocenters. The van der Waals surface area contributed by atoms with Gasteiger partial charge in [-0.1, -0.05) is 49.0 Å². The molecule has 2 aromatic rings. The molecule has 0 aromatic heterocycles. The van der Waals surface area contributed by atoms with Gasteiger partial charge >= 0.3 is 7.60 Å². The molecule has 0 unspecified atom stereocenters. The molecule has 0 aliphatic rings. The van der Waals surface area contributed by atoms with E-state index in [1.165, 1.54) is 0 Å². The van der Waals surface area contributed by atoms with E-state index in [1.807, 2.05) is 49.4 Å². The Hall–Kier alpha value is -1.61. The first-order chi connectivity index (χ1) is 8.89. The van der Waals surface area contributed by atoms with Crippen molar-refractivity contribution in [3.8, 4) is 0 Å². The summed E-state index contributed by atoms with van der Waals surface area (Å²) in [5, 5.41) is 4.92. The lowest BCUT2D eigenvalue weighted by Gasteiger charge is -2.19. The molecule has 19 heavy (non-hydrogen) atoms. The molecule has 100 valence electrons. The first kappa shape index (κ1) is 13.8. The number of benzene rings is 2. The Morgan fingerprint density at radius 2 is 1.84 bits per heavy atom. The second-order valence-corrected chi connectivity index (χ2v) is 6.05. The Bertz CT molecular complexity index is 657. The summed E-state index contributed by atoms with van der Waals surface area (Å²) < 4.78 is 11.1. The first-order valence-electron chi connectivity index (χ1n) is 5.89. The van der Waals surface area contributed by atoms with Crippen molar-refractivity contribution < 1.29 is 14.4 Å². The summed E-state index contributed by atoms with van der Waals surface area (Å²) in [5.41, 5.74) is 0.723. The van der Waals surface area contributed by atoms with Crippen molar-refractivity contribution in [2.45, 2.75) is 13.0 Å². The number of hydrogen-bond acceptors (Lipinski definition) is 2. The molecule has 0 spiro atoms. The molecule has 0 aliphatic carbocycles. The summed E-state index contributed by atoms with van der Waals surface area (Å²) in [6.07, 6.45) is 0. The maximum atomic E-state index is 11.1. The third-order valence-electron chi connectivity index (χ3n) is 3.02. The molecule has 0 saturated carbocycles. The summed E-state index contributed by atoms with van der Waals surface area (Å²) in [5.74, 6) is 0. The van der Waals surface area contributed by atoms with Crippen molar-refractivity contribution >= 4 is 18.4 Å². The molecule has 0 saturated heterocycles. The van der Waals surface area contributed by atoms with Crippen LogP contribution in [0.2, 0.25) is 0 Å². The minimum atomic E-state index is -4.30. The fraction of sp³-hybridized carbons (Fsp3) is 0.143. The van der Waals surface area contributed by atoms with Gasteiger partial charge < -0.3 is 15.1 Å². The SMILES string of the molecule is C=C(N[C@H](C)c1cccc2ccccc12)P(=O)(O)O. The van der Waals surface area contributed by atoms with E-state index in [-0.39, 0.29) is 11.5 Å². The fourth-order valence-corrected chi connectivity index (χ4v) is 2.40. The van der Waals surface area contributed by atoms with Gasteiger partial charge in [-0.15, -0.1) is 0 Å². The van der Waals surface area contributed by atoms with Gasteiger partial charge in [0.05, 0.1) is 0 Å². The molecule has 0 radical (unpaired) electrons. The van der Waals surface area contributed by atoms with E-state index >= 15 is 0 Å². The summed E-state index contributed by atoms with van der Waals surface area (Å²) >= 11 is 0. The molecule has 0 aliphatic heterocycles. The Morgan fingerprint density at radius 3 is 2.53 bits per heavy atom. The van der Waals surface area contributed by atoms with Crippen LogP contribution in [0.1, 0.15) is 18.5 Å². The molecule has 0 bridgehead atoms. The lowest BCUT2D eigenvalue weighted by atomic mass is 10.00. The van der Waals surface area contributed by atoms with E-state index in [9.17, 15) is 4.57 Å². The zero-order chi connectivity index (χ0) is 14.0. The summed E-state index contributed by atoms with van der Waals surface area (Å²) in [6, 6.07) is 13.5. The molecule has 4 nitrogen and oxygen atoms in total. The van der Waals surface area contributed by atoms with Gasteiger partial charge in [-0.2, -0.15) is 0 Å². The Morgan fingerprint density at radius 1 is 1.21 bits per heavy atom. The highest BCUT2D eigenvalue weighted by molar-refractivity contribution is 7.56. The third kappa shape index (κ3) is 3.04. The van der Waals surface area contributed by atoms with Crippen LogP contribution >= 0.6 is 7.60 Å². The Balaban J connectivity index is 2.34. The molecule has 2 aromatic carbocycles. The quantitative estimate of drug-likeness (QED) is 0.751. The van der Waals surface area contributed by atoms with Gasteiger partial charge in [0.1, 0.15) is 5.44 Å². The highest BCUT2D eigenvalue weighted by Gasteiger charge is 2.21. The van der Waals surface area contributed by atoms with Gasteiger partial charge in [-0.05, 0) is 23.3 Å². The largest absolute Gasteiger partial charge is 0.372 e. The van der Waals surface area contributed by atoms with E-state index in [0.717, 1.165) is 16.3 Å². The standard InChI is InChI=1S/C14H16NO3P/c1-10(15-11(2)19(16,17)18)13-9-5-7-12-6-3-4-8-14(12)13/h3-10,15H,2H2,1H3,(H2,16,17,18)/t10-/m1/s1. The maximum Gasteiger partial charge on any atom is 0.371 e. The lowest BCUT2D eigenvalue weighted by Crippen LogP contribution is -2.17. The minimum Gasteiger partial charge on any atom is -0.372 e. The monoisotopic (exact) mass is 277 g/mol. The molecular formula is C14H16NO3P. The molecule has 3 N–H and O–H groups in total. The summed E-state index contributed by atoms with van der Waals surface area (Å²) in [4.78, 5) is 18.1. The van der Waals surface area contributed by atoms with Gasteiger partial charge in [0.15, 0.2) is 0 Å². The normalized spacial score (nSPS) is 13.2. The van der Waals surface area contributed by atoms with Crippen LogP contribution in [-0.4, -0.2) is 9.79 Å². The number of hydrogen-bond donors (Lipinski definition) is 3. The van der Waals surface area contributed by atoms with E-state index in [4.69, 9.17) is 9.79 Å². The molecule has 0 fully saturated rings. The van der Waals surface area contributed by atoms with Gasteiger partial charge in [0, 0.05) is 6.04 Å². The number of nitrogens with one attached hydrogen (secondary N) is 1. The van der Waals surface area contributed by atoms with Gasteiger partial charge in [-0.3, -0.25) is 4.57 Å². The minimum absolute atomic E-state index is 0.230. The number of fused-ring (bicyclic) bond motifs is 1. The topological polar surface area (TPSA) is 69.6 Å². The van der Waals surface area contributed by atoms with E-state index in [0.29, 0.717) is 0 Å². The molecule has 2 rings (SSSR count). The van der Waals surface area contributed by atoms with Crippen molar-refractivity contribution in [1.29, 1.82) is 0 Å². The van der Waals surface area contributed by atoms with Crippen LogP contribution in [0.25, 0.3) is 10.8 Å². The zero-order valence-electron chi connectivity index (χ0n) is 10.6. The Labute approximate surface area is 111 Å². The van der Waals surface area contributed by atoms with Gasteiger partial charge in [-0.25, -0.2) is 0 Å². The van der Waals surface area contributed by atoms with Crippen molar-refractivity contribution in [2.24, 2.45) is 0 Å². The number of rotatable bonds is 4. The maximum absolute atomic E-state index is 11.1. The average molecular weight is 277 g/mol. The fourth-order valence-electron chi connectivity index (χ4n) is 2.04. The van der Waals surface area contributed by atoms with Crippen molar-refractivity contribution in [1.82, 2.24) is 5.32 Å². The first-order valence-corrected chi connectivity index (χ1v) is 7.50. The van der Waals surface area contributed by atoms with Crippen LogP contribution in [0.5, 0.6) is 0 Å². The predicted molar refractivity (Wildman–Crippen MR) is 76.7 cm³/mol. The highest BCUT2D eigenvalue weighted by atomic mass is 31.2. The van der Waals surface area contributed by atoms with Crippen molar-refractivity contribution in [2.75, 3.05) is 0 Å². The molecular weight excluding hydrogens is 261 g/mol. The average Bonchev–Trinajstić information content (AvgIpc) is 2.36. The van der Waals surface area contributed by atoms with Gasteiger partial charge in [0.2, 0.25) is 0 Å². The van der Waals surface area contributed by atoms with E-state index < -0.39 is 7.60 Å². The van der Waals surface area contributed by atoms with Crippen LogP contribution in [0.4, 0.5) is 0 Å². The van der Waals surface area contributed by atoms with E-state index in [1.54, 1.807) is 0 Å². The zero-order valence-corrected chi connectivity index (χ0v) is 11.5. The van der Waals surface area contributed by atoms with Crippen LogP contribution in [0.15, 0.2) is 54.5 Å². The van der Waals surface area contributed by atoms with Gasteiger partial charge in [0.25, 0.3) is 0 Å². The van der Waals surface area contributed by atoms with Crippen LogP contribution in [-0.2, 0) is 4.57 Å². The smallest absolute Gasteiger partial charge is 0.371 e. The predicted octanol–water partition coefficient (Wildman–Crippen LogP) is 3.14. The second kappa shape index (κ2) is 5.17. The van der Waals surface area contributed by atoms with Crippen LogP contribution in [0.3, 0.4) is 0 Å². The van der Waals surface area contributed by atoms with Crippen LogP contribution < -0.4 is 5.32 Å². The van der Waals surface area contributed by atoms with Crippen molar-refractivity contribution in [3.63, 3.8) is 0 Å². The third-order valence-corrected chi connectivity index (χ3v) is 3.86. The Kier molecular flexibility index (Phi) is 3.76. The molecule has 0 amide bonds. The van der Waals surface area contributed by atoms with Crippen LogP contribution in [0, 0.1) is 0 Å². The van der Waals surface area contributed by atoms with E-state index in [2.05, 4.69) is 11.9 Å². The molecule has 5 heteroatoms.